The van der Waals surface area contributed by atoms with Gasteiger partial charge in [0.05, 0.1) is 36.4 Å². The fourth-order valence-electron chi connectivity index (χ4n) is 2.68. The Morgan fingerprint density at radius 2 is 1.96 bits per heavy atom. The molecule has 0 aliphatic rings. The predicted octanol–water partition coefficient (Wildman–Crippen LogP) is 1.55. The number of nitrogens with zero attached hydrogens (tertiary/aromatic N) is 6. The fraction of sp³-hybridized carbons (Fsp3) is 0.353. The molecule has 0 aliphatic carbocycles. The zero-order valence-corrected chi connectivity index (χ0v) is 15.3. The first-order valence-electron chi connectivity index (χ1n) is 8.51. The second-order valence-electron chi connectivity index (χ2n) is 6.18. The van der Waals surface area contributed by atoms with Crippen LogP contribution in [0.4, 0.5) is 5.69 Å². The summed E-state index contributed by atoms with van der Waals surface area (Å²) in [5.41, 5.74) is 2.73. The quantitative estimate of drug-likeness (QED) is 0.650. The summed E-state index contributed by atoms with van der Waals surface area (Å²) < 4.78 is 4.95. The molecule has 0 saturated heterocycles. The Kier molecular flexibility index (Phi) is 5.06. The molecule has 0 saturated carbocycles. The molecule has 3 aromatic heterocycles. The number of carboxylic acid groups (broad SMARTS) is 1. The van der Waals surface area contributed by atoms with Gasteiger partial charge in [0.1, 0.15) is 6.04 Å². The smallest absolute Gasteiger partial charge is 0.338 e. The third kappa shape index (κ3) is 3.89. The summed E-state index contributed by atoms with van der Waals surface area (Å²) in [6.45, 7) is 7.04. The molecule has 27 heavy (non-hydrogen) atoms. The van der Waals surface area contributed by atoms with E-state index in [0.717, 1.165) is 17.8 Å². The Balaban J connectivity index is 1.64. The summed E-state index contributed by atoms with van der Waals surface area (Å²) in [6.07, 6.45) is 7.65. The maximum atomic E-state index is 12.4. The lowest BCUT2D eigenvalue weighted by Crippen LogP contribution is -2.23. The van der Waals surface area contributed by atoms with Gasteiger partial charge in [0.2, 0.25) is 5.91 Å². The summed E-state index contributed by atoms with van der Waals surface area (Å²) in [4.78, 5) is 23.3. The first-order valence-corrected chi connectivity index (χ1v) is 8.51. The van der Waals surface area contributed by atoms with Gasteiger partial charge in [-0.15, -0.1) is 0 Å². The number of nitrogens with one attached hydrogen (secondary N) is 1. The van der Waals surface area contributed by atoms with E-state index in [9.17, 15) is 9.59 Å². The van der Waals surface area contributed by atoms with Crippen LogP contribution < -0.4 is 5.32 Å². The summed E-state index contributed by atoms with van der Waals surface area (Å²) >= 11 is 0. The number of rotatable bonds is 7. The number of carboxylic acids is 1. The van der Waals surface area contributed by atoms with Crippen molar-refractivity contribution in [2.75, 3.05) is 5.32 Å². The summed E-state index contributed by atoms with van der Waals surface area (Å²) in [5, 5.41) is 24.2. The van der Waals surface area contributed by atoms with Crippen LogP contribution in [-0.4, -0.2) is 46.3 Å². The van der Waals surface area contributed by atoms with E-state index < -0.39 is 12.0 Å². The highest BCUT2D eigenvalue weighted by Gasteiger charge is 2.18. The van der Waals surface area contributed by atoms with E-state index in [-0.39, 0.29) is 11.5 Å². The standard InChI is InChI=1S/C17H21N7O3/c1-4-23-11(2)13(5-19-23)8-22-10-15(7-18-22)21-16(25)12(3)24-9-14(6-20-24)17(26)27/h5-7,9-10,12H,4,8H2,1-3H3,(H,21,25)(H,26,27). The average Bonchev–Trinajstić information content (AvgIpc) is 3.36. The van der Waals surface area contributed by atoms with Crippen LogP contribution in [0.2, 0.25) is 0 Å². The van der Waals surface area contributed by atoms with Crippen molar-refractivity contribution in [3.05, 3.63) is 47.8 Å². The largest absolute Gasteiger partial charge is 0.478 e. The zero-order chi connectivity index (χ0) is 19.6. The summed E-state index contributed by atoms with van der Waals surface area (Å²) in [6, 6.07) is -0.661. The molecule has 0 bridgehead atoms. The van der Waals surface area contributed by atoms with E-state index in [2.05, 4.69) is 20.6 Å². The average molecular weight is 371 g/mol. The van der Waals surface area contributed by atoms with Crippen LogP contribution in [0.3, 0.4) is 0 Å². The van der Waals surface area contributed by atoms with Gasteiger partial charge in [-0.25, -0.2) is 4.79 Å². The molecule has 1 atom stereocenters. The van der Waals surface area contributed by atoms with Gasteiger partial charge in [0, 0.05) is 30.2 Å². The summed E-state index contributed by atoms with van der Waals surface area (Å²) in [7, 11) is 0. The van der Waals surface area contributed by atoms with Crippen molar-refractivity contribution in [1.29, 1.82) is 0 Å². The highest BCUT2D eigenvalue weighted by atomic mass is 16.4. The van der Waals surface area contributed by atoms with Crippen LogP contribution >= 0.6 is 0 Å². The fourth-order valence-corrected chi connectivity index (χ4v) is 2.68. The van der Waals surface area contributed by atoms with Crippen LogP contribution in [0.5, 0.6) is 0 Å². The van der Waals surface area contributed by atoms with Gasteiger partial charge in [-0.05, 0) is 20.8 Å². The Labute approximate surface area is 155 Å². The first kappa shape index (κ1) is 18.4. The van der Waals surface area contributed by atoms with E-state index in [1.165, 1.54) is 17.1 Å². The second-order valence-corrected chi connectivity index (χ2v) is 6.18. The molecule has 0 radical (unpaired) electrons. The molecular formula is C17H21N7O3. The molecule has 0 spiro atoms. The Hall–Kier alpha value is -3.43. The lowest BCUT2D eigenvalue weighted by molar-refractivity contribution is -0.119. The third-order valence-electron chi connectivity index (χ3n) is 4.36. The minimum atomic E-state index is -1.09. The number of hydrogen-bond donors (Lipinski definition) is 2. The maximum absolute atomic E-state index is 12.4. The van der Waals surface area contributed by atoms with Crippen molar-refractivity contribution >= 4 is 17.6 Å². The number of aromatic nitrogens is 6. The number of hydrogen-bond acceptors (Lipinski definition) is 5. The van der Waals surface area contributed by atoms with Gasteiger partial charge in [0.25, 0.3) is 0 Å². The van der Waals surface area contributed by atoms with Gasteiger partial charge in [-0.3, -0.25) is 18.8 Å². The van der Waals surface area contributed by atoms with Crippen LogP contribution in [-0.2, 0) is 17.9 Å². The molecule has 3 heterocycles. The third-order valence-corrected chi connectivity index (χ3v) is 4.36. The van der Waals surface area contributed by atoms with Gasteiger partial charge < -0.3 is 10.4 Å². The lowest BCUT2D eigenvalue weighted by atomic mass is 10.2. The summed E-state index contributed by atoms with van der Waals surface area (Å²) in [5.74, 6) is -1.40. The highest BCUT2D eigenvalue weighted by molar-refractivity contribution is 5.93. The normalized spacial score (nSPS) is 12.1. The number of amides is 1. The Bertz CT molecular complexity index is 969. The van der Waals surface area contributed by atoms with Gasteiger partial charge >= 0.3 is 5.97 Å². The number of aryl methyl sites for hydroxylation is 1. The molecule has 142 valence electrons. The van der Waals surface area contributed by atoms with E-state index in [4.69, 9.17) is 5.11 Å². The highest BCUT2D eigenvalue weighted by Crippen LogP contribution is 2.14. The minimum Gasteiger partial charge on any atom is -0.478 e. The molecule has 1 unspecified atom stereocenters. The van der Waals surface area contributed by atoms with Crippen molar-refractivity contribution < 1.29 is 14.7 Å². The maximum Gasteiger partial charge on any atom is 0.338 e. The van der Waals surface area contributed by atoms with Gasteiger partial charge in [-0.2, -0.15) is 15.3 Å². The molecule has 0 aliphatic heterocycles. The molecule has 0 fully saturated rings. The molecule has 3 aromatic rings. The lowest BCUT2D eigenvalue weighted by Gasteiger charge is -2.11. The van der Waals surface area contributed by atoms with Crippen LogP contribution in [0, 0.1) is 6.92 Å². The molecule has 3 rings (SSSR count). The zero-order valence-electron chi connectivity index (χ0n) is 15.3. The van der Waals surface area contributed by atoms with Crippen LogP contribution in [0.25, 0.3) is 0 Å². The number of anilines is 1. The van der Waals surface area contributed by atoms with E-state index in [1.54, 1.807) is 24.0 Å². The first-order chi connectivity index (χ1) is 12.9. The Morgan fingerprint density at radius 3 is 2.59 bits per heavy atom. The van der Waals surface area contributed by atoms with Crippen molar-refractivity contribution in [3.63, 3.8) is 0 Å². The van der Waals surface area contributed by atoms with E-state index in [0.29, 0.717) is 12.2 Å². The van der Waals surface area contributed by atoms with Crippen molar-refractivity contribution in [2.45, 2.75) is 39.9 Å². The van der Waals surface area contributed by atoms with E-state index >= 15 is 0 Å². The molecular weight excluding hydrogens is 350 g/mol. The van der Waals surface area contributed by atoms with Crippen LogP contribution in [0.1, 0.15) is 41.5 Å². The van der Waals surface area contributed by atoms with Crippen molar-refractivity contribution in [1.82, 2.24) is 29.3 Å². The van der Waals surface area contributed by atoms with E-state index in [1.807, 2.05) is 24.7 Å². The van der Waals surface area contributed by atoms with Gasteiger partial charge in [0.15, 0.2) is 0 Å². The minimum absolute atomic E-state index is 0.0328. The number of carbonyl (C=O) groups excluding carboxylic acids is 1. The molecule has 0 aromatic carbocycles. The molecule has 2 N–H and O–H groups in total. The SMILES string of the molecule is CCn1ncc(Cn2cc(NC(=O)C(C)n3cc(C(=O)O)cn3)cn2)c1C. The second kappa shape index (κ2) is 7.44. The Morgan fingerprint density at radius 1 is 1.19 bits per heavy atom. The van der Waals surface area contributed by atoms with Crippen molar-refractivity contribution in [3.8, 4) is 0 Å². The number of aromatic carboxylic acids is 1. The monoisotopic (exact) mass is 371 g/mol. The predicted molar refractivity (Wildman–Crippen MR) is 96.5 cm³/mol. The van der Waals surface area contributed by atoms with Crippen LogP contribution in [0.15, 0.2) is 31.0 Å². The molecule has 1 amide bonds. The van der Waals surface area contributed by atoms with Crippen molar-refractivity contribution in [2.24, 2.45) is 0 Å². The molecule has 10 heteroatoms. The van der Waals surface area contributed by atoms with Gasteiger partial charge in [-0.1, -0.05) is 0 Å². The molecule has 10 nitrogen and oxygen atoms in total. The topological polar surface area (TPSA) is 120 Å². The number of carbonyl (C=O) groups is 2.